The van der Waals surface area contributed by atoms with Crippen LogP contribution in [0.2, 0.25) is 0 Å². The van der Waals surface area contributed by atoms with Gasteiger partial charge in [-0.1, -0.05) is 26.8 Å². The van der Waals surface area contributed by atoms with Crippen LogP contribution >= 0.6 is 11.3 Å². The van der Waals surface area contributed by atoms with Gasteiger partial charge in [0.05, 0.1) is 43.3 Å². The number of hydrazone groups is 1. The summed E-state index contributed by atoms with van der Waals surface area (Å²) in [5, 5.41) is 9.42. The highest BCUT2D eigenvalue weighted by Crippen LogP contribution is 2.27. The summed E-state index contributed by atoms with van der Waals surface area (Å²) in [7, 11) is 1.55. The SMILES string of the molecule is CCOC(=O)Cc1csc(NN=Cc2c(NC(=O)C(C)(C)C)cccc2OC)n1. The number of nitrogens with one attached hydrogen (secondary N) is 2. The summed E-state index contributed by atoms with van der Waals surface area (Å²) in [4.78, 5) is 28.2. The predicted octanol–water partition coefficient (Wildman–Crippen LogP) is 3.69. The van der Waals surface area contributed by atoms with E-state index in [1.54, 1.807) is 43.8 Å². The van der Waals surface area contributed by atoms with Crippen LogP contribution in [0.4, 0.5) is 10.8 Å². The fourth-order valence-corrected chi connectivity index (χ4v) is 2.88. The van der Waals surface area contributed by atoms with Crippen LogP contribution in [0.25, 0.3) is 0 Å². The minimum Gasteiger partial charge on any atom is -0.496 e. The Morgan fingerprint density at radius 1 is 1.31 bits per heavy atom. The maximum Gasteiger partial charge on any atom is 0.311 e. The number of benzene rings is 1. The highest BCUT2D eigenvalue weighted by molar-refractivity contribution is 7.13. The highest BCUT2D eigenvalue weighted by Gasteiger charge is 2.22. The topological polar surface area (TPSA) is 102 Å². The first-order chi connectivity index (χ1) is 13.7. The molecule has 1 amide bonds. The van der Waals surface area contributed by atoms with E-state index in [0.717, 1.165) is 0 Å². The second-order valence-corrected chi connectivity index (χ2v) is 7.98. The second kappa shape index (κ2) is 10.0. The number of rotatable bonds is 8. The molecule has 1 aromatic carbocycles. The van der Waals surface area contributed by atoms with E-state index in [2.05, 4.69) is 20.8 Å². The van der Waals surface area contributed by atoms with Crippen LogP contribution in [0, 0.1) is 5.41 Å². The molecule has 0 radical (unpaired) electrons. The van der Waals surface area contributed by atoms with Crippen molar-refractivity contribution in [3.05, 3.63) is 34.8 Å². The summed E-state index contributed by atoms with van der Waals surface area (Å²) in [5.74, 6) is 0.141. The number of ether oxygens (including phenoxy) is 2. The van der Waals surface area contributed by atoms with Gasteiger partial charge in [-0.25, -0.2) is 4.98 Å². The molecule has 0 bridgehead atoms. The molecular weight excluding hydrogens is 392 g/mol. The molecule has 0 fully saturated rings. The summed E-state index contributed by atoms with van der Waals surface area (Å²) in [6.07, 6.45) is 1.68. The Morgan fingerprint density at radius 2 is 2.07 bits per heavy atom. The minimum absolute atomic E-state index is 0.114. The van der Waals surface area contributed by atoms with E-state index < -0.39 is 5.41 Å². The van der Waals surface area contributed by atoms with E-state index in [-0.39, 0.29) is 18.3 Å². The maximum atomic E-state index is 12.4. The molecule has 0 aliphatic rings. The Bertz CT molecular complexity index is 887. The third-order valence-corrected chi connectivity index (χ3v) is 4.55. The molecule has 0 aliphatic carbocycles. The van der Waals surface area contributed by atoms with Crippen molar-refractivity contribution in [3.8, 4) is 5.75 Å². The van der Waals surface area contributed by atoms with Crippen molar-refractivity contribution in [1.29, 1.82) is 0 Å². The molecule has 29 heavy (non-hydrogen) atoms. The number of esters is 1. The van der Waals surface area contributed by atoms with Gasteiger partial charge < -0.3 is 14.8 Å². The standard InChI is InChI=1S/C20H26N4O4S/c1-6-28-17(25)10-13-12-29-19(22-13)24-21-11-14-15(8-7-9-16(14)27-5)23-18(26)20(2,3)4/h7-9,11-12H,6,10H2,1-5H3,(H,22,24)(H,23,26). The molecule has 0 saturated heterocycles. The Hall–Kier alpha value is -2.94. The Morgan fingerprint density at radius 3 is 2.72 bits per heavy atom. The van der Waals surface area contributed by atoms with Crippen LogP contribution < -0.4 is 15.5 Å². The number of methoxy groups -OCH3 is 1. The smallest absolute Gasteiger partial charge is 0.311 e. The molecule has 0 atom stereocenters. The van der Waals surface area contributed by atoms with E-state index in [0.29, 0.717) is 34.4 Å². The van der Waals surface area contributed by atoms with Gasteiger partial charge in [0.25, 0.3) is 0 Å². The zero-order valence-corrected chi connectivity index (χ0v) is 18.1. The number of nitrogens with zero attached hydrogens (tertiary/aromatic N) is 2. The molecule has 1 aromatic heterocycles. The predicted molar refractivity (Wildman–Crippen MR) is 115 cm³/mol. The average Bonchev–Trinajstić information content (AvgIpc) is 3.09. The van der Waals surface area contributed by atoms with Crippen LogP contribution in [0.1, 0.15) is 39.0 Å². The van der Waals surface area contributed by atoms with E-state index in [1.807, 2.05) is 20.8 Å². The molecule has 0 spiro atoms. The lowest BCUT2D eigenvalue weighted by Gasteiger charge is -2.19. The number of carbonyl (C=O) groups is 2. The Balaban J connectivity index is 2.12. The quantitative estimate of drug-likeness (QED) is 0.385. The van der Waals surface area contributed by atoms with Crippen molar-refractivity contribution >= 4 is 40.2 Å². The molecule has 156 valence electrons. The van der Waals surface area contributed by atoms with Gasteiger partial charge in [0.15, 0.2) is 0 Å². The number of amides is 1. The van der Waals surface area contributed by atoms with Crippen LogP contribution in [0.3, 0.4) is 0 Å². The van der Waals surface area contributed by atoms with Gasteiger partial charge in [0.1, 0.15) is 5.75 Å². The van der Waals surface area contributed by atoms with E-state index >= 15 is 0 Å². The van der Waals surface area contributed by atoms with E-state index in [1.165, 1.54) is 11.3 Å². The van der Waals surface area contributed by atoms with Crippen LogP contribution in [0.5, 0.6) is 5.75 Å². The van der Waals surface area contributed by atoms with Gasteiger partial charge >= 0.3 is 5.97 Å². The molecule has 0 unspecified atom stereocenters. The van der Waals surface area contributed by atoms with Gasteiger partial charge in [-0.2, -0.15) is 5.10 Å². The van der Waals surface area contributed by atoms with Gasteiger partial charge in [-0.05, 0) is 19.1 Å². The maximum absolute atomic E-state index is 12.4. The van der Waals surface area contributed by atoms with Gasteiger partial charge in [0, 0.05) is 10.8 Å². The molecule has 2 N–H and O–H groups in total. The molecule has 2 rings (SSSR count). The molecule has 9 heteroatoms. The number of anilines is 2. The van der Waals surface area contributed by atoms with Crippen molar-refractivity contribution in [3.63, 3.8) is 0 Å². The largest absolute Gasteiger partial charge is 0.496 e. The molecular formula is C20H26N4O4S. The molecule has 8 nitrogen and oxygen atoms in total. The highest BCUT2D eigenvalue weighted by atomic mass is 32.1. The van der Waals surface area contributed by atoms with Crippen LogP contribution in [-0.2, 0) is 20.7 Å². The number of aromatic nitrogens is 1. The summed E-state index contributed by atoms with van der Waals surface area (Å²) in [5.41, 5.74) is 4.14. The first kappa shape index (κ1) is 22.4. The number of carbonyl (C=O) groups excluding carboxylic acids is 2. The monoisotopic (exact) mass is 418 g/mol. The van der Waals surface area contributed by atoms with Crippen molar-refractivity contribution in [2.24, 2.45) is 10.5 Å². The molecule has 0 aliphatic heterocycles. The Kier molecular flexibility index (Phi) is 7.72. The number of hydrogen-bond acceptors (Lipinski definition) is 8. The number of hydrogen-bond donors (Lipinski definition) is 2. The molecule has 1 heterocycles. The fraction of sp³-hybridized carbons (Fsp3) is 0.400. The van der Waals surface area contributed by atoms with Crippen molar-refractivity contribution in [2.75, 3.05) is 24.5 Å². The van der Waals surface area contributed by atoms with Crippen LogP contribution in [0.15, 0.2) is 28.7 Å². The van der Waals surface area contributed by atoms with Crippen LogP contribution in [-0.4, -0.2) is 36.8 Å². The van der Waals surface area contributed by atoms with E-state index in [4.69, 9.17) is 9.47 Å². The Labute approximate surface area is 174 Å². The van der Waals surface area contributed by atoms with Crippen molar-refractivity contribution in [1.82, 2.24) is 4.98 Å². The third-order valence-electron chi connectivity index (χ3n) is 3.75. The summed E-state index contributed by atoms with van der Waals surface area (Å²) in [6, 6.07) is 5.37. The summed E-state index contributed by atoms with van der Waals surface area (Å²) < 4.78 is 10.3. The van der Waals surface area contributed by atoms with Gasteiger partial charge in [0.2, 0.25) is 11.0 Å². The molecule has 0 saturated carbocycles. The number of thiazole rings is 1. The normalized spacial score (nSPS) is 11.3. The summed E-state index contributed by atoms with van der Waals surface area (Å²) in [6.45, 7) is 7.62. The van der Waals surface area contributed by atoms with E-state index in [9.17, 15) is 9.59 Å². The average molecular weight is 419 g/mol. The lowest BCUT2D eigenvalue weighted by atomic mass is 9.95. The minimum atomic E-state index is -0.536. The zero-order chi connectivity index (χ0) is 21.4. The van der Waals surface area contributed by atoms with Gasteiger partial charge in [-0.15, -0.1) is 11.3 Å². The molecule has 2 aromatic rings. The first-order valence-corrected chi connectivity index (χ1v) is 10.00. The third kappa shape index (κ3) is 6.56. The first-order valence-electron chi connectivity index (χ1n) is 9.12. The van der Waals surface area contributed by atoms with Gasteiger partial charge in [-0.3, -0.25) is 15.0 Å². The zero-order valence-electron chi connectivity index (χ0n) is 17.2. The fourth-order valence-electron chi connectivity index (χ4n) is 2.23. The lowest BCUT2D eigenvalue weighted by molar-refractivity contribution is -0.142. The lowest BCUT2D eigenvalue weighted by Crippen LogP contribution is -2.28. The van der Waals surface area contributed by atoms with Crippen molar-refractivity contribution < 1.29 is 19.1 Å². The second-order valence-electron chi connectivity index (χ2n) is 7.12. The van der Waals surface area contributed by atoms with Crippen molar-refractivity contribution in [2.45, 2.75) is 34.1 Å². The summed E-state index contributed by atoms with van der Waals surface area (Å²) >= 11 is 1.33.